The van der Waals surface area contributed by atoms with E-state index in [4.69, 9.17) is 9.47 Å². The normalized spacial score (nSPS) is 13.7. The molecule has 1 saturated heterocycles. The molecule has 0 bridgehead atoms. The Kier molecular flexibility index (Phi) is 6.83. The Labute approximate surface area is 169 Å². The van der Waals surface area contributed by atoms with Gasteiger partial charge in [0, 0.05) is 38.8 Å². The van der Waals surface area contributed by atoms with Crippen LogP contribution >= 0.6 is 0 Å². The molecule has 0 atom stereocenters. The highest BCUT2D eigenvalue weighted by atomic mass is 16.5. The lowest BCUT2D eigenvalue weighted by Gasteiger charge is -2.33. The molecule has 1 aromatic heterocycles. The molecule has 1 N–H and O–H groups in total. The fourth-order valence-electron chi connectivity index (χ4n) is 3.15. The summed E-state index contributed by atoms with van der Waals surface area (Å²) < 4.78 is 10.5. The molecular weight excluding hydrogens is 374 g/mol. The average molecular weight is 399 g/mol. The van der Waals surface area contributed by atoms with Gasteiger partial charge >= 0.3 is 0 Å². The van der Waals surface area contributed by atoms with Crippen LogP contribution in [-0.4, -0.2) is 74.1 Å². The van der Waals surface area contributed by atoms with Crippen LogP contribution in [0.15, 0.2) is 30.6 Å². The van der Waals surface area contributed by atoms with Crippen LogP contribution in [0.3, 0.4) is 0 Å². The van der Waals surface area contributed by atoms with Gasteiger partial charge in [0.05, 0.1) is 14.2 Å². The number of anilines is 1. The smallest absolute Gasteiger partial charge is 0.270 e. The Balaban J connectivity index is 1.55. The number of carbonyl (C=O) groups excluding carboxylic acids is 2. The zero-order valence-electron chi connectivity index (χ0n) is 16.6. The molecule has 1 aromatic carbocycles. The van der Waals surface area contributed by atoms with Crippen LogP contribution in [0.5, 0.6) is 11.5 Å². The molecule has 0 spiro atoms. The summed E-state index contributed by atoms with van der Waals surface area (Å²) in [6.45, 7) is 3.10. The standard InChI is InChI=1S/C20H25N5O4/c1-28-17-4-3-15(11-18(17)29-2)5-6-21-20(27)16-12-19(23-13-22-16)25-9-7-24(14-26)8-10-25/h3-4,11-14H,5-10H2,1-2H3,(H,21,27). The number of ether oxygens (including phenoxy) is 2. The molecule has 2 amide bonds. The zero-order valence-corrected chi connectivity index (χ0v) is 16.6. The molecule has 154 valence electrons. The van der Waals surface area contributed by atoms with Crippen LogP contribution in [0.25, 0.3) is 0 Å². The SMILES string of the molecule is COc1ccc(CCNC(=O)c2cc(N3CCN(C=O)CC3)ncn2)cc1OC. The maximum absolute atomic E-state index is 12.5. The number of hydrogen-bond donors (Lipinski definition) is 1. The number of amides is 2. The fourth-order valence-corrected chi connectivity index (χ4v) is 3.15. The second-order valence-corrected chi connectivity index (χ2v) is 6.59. The van der Waals surface area contributed by atoms with Crippen LogP contribution in [0.4, 0.5) is 5.82 Å². The summed E-state index contributed by atoms with van der Waals surface area (Å²) in [5.41, 5.74) is 1.35. The average Bonchev–Trinajstić information content (AvgIpc) is 2.79. The summed E-state index contributed by atoms with van der Waals surface area (Å²) in [5, 5.41) is 2.89. The fraction of sp³-hybridized carbons (Fsp3) is 0.400. The topological polar surface area (TPSA) is 96.9 Å². The van der Waals surface area contributed by atoms with Gasteiger partial charge in [-0.25, -0.2) is 9.97 Å². The van der Waals surface area contributed by atoms with Gasteiger partial charge in [0.2, 0.25) is 6.41 Å². The first-order valence-electron chi connectivity index (χ1n) is 9.40. The van der Waals surface area contributed by atoms with Gasteiger partial charge in [-0.1, -0.05) is 6.07 Å². The number of benzene rings is 1. The van der Waals surface area contributed by atoms with Gasteiger partial charge < -0.3 is 24.6 Å². The summed E-state index contributed by atoms with van der Waals surface area (Å²) in [4.78, 5) is 35.4. The number of methoxy groups -OCH3 is 2. The maximum atomic E-state index is 12.5. The van der Waals surface area contributed by atoms with E-state index in [9.17, 15) is 9.59 Å². The molecule has 9 heteroatoms. The predicted molar refractivity (Wildman–Crippen MR) is 107 cm³/mol. The van der Waals surface area contributed by atoms with E-state index in [1.54, 1.807) is 25.2 Å². The van der Waals surface area contributed by atoms with Crippen LogP contribution < -0.4 is 19.7 Å². The van der Waals surface area contributed by atoms with E-state index in [1.165, 1.54) is 6.33 Å². The van der Waals surface area contributed by atoms with Crippen LogP contribution in [0.2, 0.25) is 0 Å². The highest BCUT2D eigenvalue weighted by Gasteiger charge is 2.18. The third-order valence-corrected chi connectivity index (χ3v) is 4.82. The molecule has 2 heterocycles. The number of rotatable bonds is 8. The zero-order chi connectivity index (χ0) is 20.6. The molecule has 2 aromatic rings. The quantitative estimate of drug-likeness (QED) is 0.654. The van der Waals surface area contributed by atoms with Crippen molar-refractivity contribution in [1.82, 2.24) is 20.2 Å². The van der Waals surface area contributed by atoms with Crippen molar-refractivity contribution in [2.45, 2.75) is 6.42 Å². The highest BCUT2D eigenvalue weighted by Crippen LogP contribution is 2.27. The molecule has 1 aliphatic heterocycles. The van der Waals surface area contributed by atoms with Crippen LogP contribution in [-0.2, 0) is 11.2 Å². The number of nitrogens with one attached hydrogen (secondary N) is 1. The first-order valence-corrected chi connectivity index (χ1v) is 9.40. The Morgan fingerprint density at radius 2 is 1.86 bits per heavy atom. The third kappa shape index (κ3) is 5.13. The van der Waals surface area contributed by atoms with E-state index in [1.807, 2.05) is 23.1 Å². The Morgan fingerprint density at radius 1 is 1.10 bits per heavy atom. The van der Waals surface area contributed by atoms with Crippen molar-refractivity contribution in [3.63, 3.8) is 0 Å². The lowest BCUT2D eigenvalue weighted by molar-refractivity contribution is -0.118. The largest absolute Gasteiger partial charge is 0.493 e. The summed E-state index contributed by atoms with van der Waals surface area (Å²) in [5.74, 6) is 1.77. The third-order valence-electron chi connectivity index (χ3n) is 4.82. The summed E-state index contributed by atoms with van der Waals surface area (Å²) >= 11 is 0. The Morgan fingerprint density at radius 3 is 2.55 bits per heavy atom. The second kappa shape index (κ2) is 9.72. The molecule has 1 aliphatic rings. The van der Waals surface area contributed by atoms with E-state index in [0.29, 0.717) is 62.2 Å². The van der Waals surface area contributed by atoms with E-state index >= 15 is 0 Å². The second-order valence-electron chi connectivity index (χ2n) is 6.59. The number of piperazine rings is 1. The van der Waals surface area contributed by atoms with Crippen molar-refractivity contribution >= 4 is 18.1 Å². The monoisotopic (exact) mass is 399 g/mol. The number of aromatic nitrogens is 2. The Bertz CT molecular complexity index is 853. The lowest BCUT2D eigenvalue weighted by Crippen LogP contribution is -2.46. The van der Waals surface area contributed by atoms with Crippen molar-refractivity contribution in [3.05, 3.63) is 41.9 Å². The number of carbonyl (C=O) groups is 2. The molecule has 3 rings (SSSR count). The van der Waals surface area contributed by atoms with Gasteiger partial charge in [0.15, 0.2) is 11.5 Å². The molecule has 0 saturated carbocycles. The van der Waals surface area contributed by atoms with E-state index in [-0.39, 0.29) is 5.91 Å². The first kappa shape index (κ1) is 20.4. The summed E-state index contributed by atoms with van der Waals surface area (Å²) in [6, 6.07) is 7.36. The minimum absolute atomic E-state index is 0.249. The van der Waals surface area contributed by atoms with E-state index < -0.39 is 0 Å². The summed E-state index contributed by atoms with van der Waals surface area (Å²) in [7, 11) is 3.19. The van der Waals surface area contributed by atoms with Gasteiger partial charge in [-0.3, -0.25) is 9.59 Å². The predicted octanol–water partition coefficient (Wildman–Crippen LogP) is 0.745. The first-order chi connectivity index (χ1) is 14.1. The Hall–Kier alpha value is -3.36. The molecule has 1 fully saturated rings. The molecular formula is C20H25N5O4. The maximum Gasteiger partial charge on any atom is 0.270 e. The lowest BCUT2D eigenvalue weighted by atomic mass is 10.1. The van der Waals surface area contributed by atoms with Gasteiger partial charge in [-0.05, 0) is 24.1 Å². The number of nitrogens with zero attached hydrogens (tertiary/aromatic N) is 4. The van der Waals surface area contributed by atoms with Crippen LogP contribution in [0, 0.1) is 0 Å². The molecule has 29 heavy (non-hydrogen) atoms. The van der Waals surface area contributed by atoms with Crippen LogP contribution in [0.1, 0.15) is 16.1 Å². The molecule has 0 radical (unpaired) electrons. The van der Waals surface area contributed by atoms with Gasteiger partial charge in [-0.2, -0.15) is 0 Å². The minimum Gasteiger partial charge on any atom is -0.493 e. The minimum atomic E-state index is -0.249. The van der Waals surface area contributed by atoms with Crippen molar-refractivity contribution in [3.8, 4) is 11.5 Å². The van der Waals surface area contributed by atoms with Gasteiger partial charge in [0.1, 0.15) is 17.8 Å². The molecule has 0 aliphatic carbocycles. The molecule has 0 unspecified atom stereocenters. The van der Waals surface area contributed by atoms with Crippen molar-refractivity contribution < 1.29 is 19.1 Å². The number of hydrogen-bond acceptors (Lipinski definition) is 7. The van der Waals surface area contributed by atoms with E-state index in [2.05, 4.69) is 15.3 Å². The van der Waals surface area contributed by atoms with Crippen molar-refractivity contribution in [1.29, 1.82) is 0 Å². The van der Waals surface area contributed by atoms with Crippen molar-refractivity contribution in [2.75, 3.05) is 51.8 Å². The highest BCUT2D eigenvalue weighted by molar-refractivity contribution is 5.92. The van der Waals surface area contributed by atoms with E-state index in [0.717, 1.165) is 12.0 Å². The summed E-state index contributed by atoms with van der Waals surface area (Å²) in [6.07, 6.45) is 2.90. The van der Waals surface area contributed by atoms with Crippen molar-refractivity contribution in [2.24, 2.45) is 0 Å². The van der Waals surface area contributed by atoms with Gasteiger partial charge in [-0.15, -0.1) is 0 Å². The molecule has 9 nitrogen and oxygen atoms in total. The van der Waals surface area contributed by atoms with Gasteiger partial charge in [0.25, 0.3) is 5.91 Å².